The van der Waals surface area contributed by atoms with Crippen LogP contribution in [0.1, 0.15) is 39.0 Å². The topological polar surface area (TPSA) is 60.4 Å². The van der Waals surface area contributed by atoms with Crippen molar-refractivity contribution in [3.63, 3.8) is 0 Å². The van der Waals surface area contributed by atoms with Crippen LogP contribution in [0.3, 0.4) is 0 Å². The molecule has 0 bridgehead atoms. The van der Waals surface area contributed by atoms with E-state index in [1.807, 2.05) is 0 Å². The predicted molar refractivity (Wildman–Crippen MR) is 53.2 cm³/mol. The van der Waals surface area contributed by atoms with Gasteiger partial charge >= 0.3 is 5.97 Å². The van der Waals surface area contributed by atoms with Gasteiger partial charge in [-0.1, -0.05) is 6.92 Å². The number of rotatable bonds is 3. The van der Waals surface area contributed by atoms with Gasteiger partial charge < -0.3 is 4.74 Å². The van der Waals surface area contributed by atoms with Crippen LogP contribution in [0.2, 0.25) is 0 Å². The van der Waals surface area contributed by atoms with E-state index in [0.717, 1.165) is 0 Å². The molecule has 1 fully saturated rings. The summed E-state index contributed by atoms with van der Waals surface area (Å²) in [4.78, 5) is 34.8. The molecule has 0 aromatic rings. The maximum Gasteiger partial charge on any atom is 0.319 e. The molecule has 4 heteroatoms. The first-order valence-corrected chi connectivity index (χ1v) is 5.20. The van der Waals surface area contributed by atoms with E-state index < -0.39 is 11.4 Å². The van der Waals surface area contributed by atoms with Crippen LogP contribution in [0.15, 0.2) is 0 Å². The van der Waals surface area contributed by atoms with Crippen molar-refractivity contribution in [2.24, 2.45) is 5.41 Å². The average Bonchev–Trinajstić information content (AvgIpc) is 2.26. The van der Waals surface area contributed by atoms with Gasteiger partial charge in [0.1, 0.15) is 17.0 Å². The molecule has 4 nitrogen and oxygen atoms in total. The first kappa shape index (κ1) is 11.9. The first-order valence-electron chi connectivity index (χ1n) is 5.20. The Labute approximate surface area is 89.0 Å². The summed E-state index contributed by atoms with van der Waals surface area (Å²) in [7, 11) is 1.26. The Morgan fingerprint density at radius 2 is 2.13 bits per heavy atom. The molecule has 0 heterocycles. The zero-order chi connectivity index (χ0) is 11.5. The normalized spacial score (nSPS) is 26.1. The smallest absolute Gasteiger partial charge is 0.319 e. The Hall–Kier alpha value is -1.19. The Bertz CT molecular complexity index is 277. The van der Waals surface area contributed by atoms with Gasteiger partial charge in [-0.05, 0) is 12.8 Å². The molecule has 0 aliphatic heterocycles. The van der Waals surface area contributed by atoms with Crippen LogP contribution in [-0.4, -0.2) is 24.6 Å². The highest BCUT2D eigenvalue weighted by molar-refractivity contribution is 6.07. The standard InChI is InChI=1S/C11H16O4/c1-3-9(13)11(10(14)15-2)6-4-5-8(12)7-11/h3-7H2,1-2H3. The summed E-state index contributed by atoms with van der Waals surface area (Å²) in [6, 6.07) is 0. The minimum Gasteiger partial charge on any atom is -0.468 e. The summed E-state index contributed by atoms with van der Waals surface area (Å²) in [6.45, 7) is 1.70. The van der Waals surface area contributed by atoms with E-state index in [9.17, 15) is 14.4 Å². The number of ether oxygens (including phenoxy) is 1. The highest BCUT2D eigenvalue weighted by Gasteiger charge is 2.48. The van der Waals surface area contributed by atoms with Crippen LogP contribution in [0, 0.1) is 5.41 Å². The number of carbonyl (C=O) groups is 3. The largest absolute Gasteiger partial charge is 0.468 e. The lowest BCUT2D eigenvalue weighted by atomic mass is 9.70. The molecule has 0 N–H and O–H groups in total. The van der Waals surface area contributed by atoms with Gasteiger partial charge in [-0.15, -0.1) is 0 Å². The van der Waals surface area contributed by atoms with Crippen molar-refractivity contribution in [1.82, 2.24) is 0 Å². The molecule has 84 valence electrons. The molecule has 0 spiro atoms. The lowest BCUT2D eigenvalue weighted by molar-refractivity contribution is -0.162. The van der Waals surface area contributed by atoms with Crippen molar-refractivity contribution < 1.29 is 19.1 Å². The van der Waals surface area contributed by atoms with Gasteiger partial charge in [-0.2, -0.15) is 0 Å². The number of esters is 1. The molecular weight excluding hydrogens is 196 g/mol. The summed E-state index contributed by atoms with van der Waals surface area (Å²) < 4.78 is 4.65. The number of ketones is 2. The fourth-order valence-electron chi connectivity index (χ4n) is 2.16. The van der Waals surface area contributed by atoms with Crippen LogP contribution in [-0.2, 0) is 19.1 Å². The third-order valence-corrected chi connectivity index (χ3v) is 2.99. The Morgan fingerprint density at radius 1 is 1.47 bits per heavy atom. The monoisotopic (exact) mass is 212 g/mol. The molecule has 1 rings (SSSR count). The lowest BCUT2D eigenvalue weighted by Crippen LogP contribution is -2.44. The molecule has 0 aromatic heterocycles. The Balaban J connectivity index is 2.99. The van der Waals surface area contributed by atoms with E-state index in [1.165, 1.54) is 7.11 Å². The van der Waals surface area contributed by atoms with Gasteiger partial charge in [0.15, 0.2) is 0 Å². The van der Waals surface area contributed by atoms with Gasteiger partial charge in [-0.3, -0.25) is 14.4 Å². The van der Waals surface area contributed by atoms with Crippen LogP contribution in [0.4, 0.5) is 0 Å². The molecule has 0 saturated heterocycles. The van der Waals surface area contributed by atoms with Gasteiger partial charge in [0.05, 0.1) is 7.11 Å². The first-order chi connectivity index (χ1) is 7.06. The van der Waals surface area contributed by atoms with Gasteiger partial charge in [0.25, 0.3) is 0 Å². The van der Waals surface area contributed by atoms with Crippen molar-refractivity contribution in [3.05, 3.63) is 0 Å². The third kappa shape index (κ3) is 2.08. The molecule has 1 unspecified atom stereocenters. The van der Waals surface area contributed by atoms with E-state index >= 15 is 0 Å². The van der Waals surface area contributed by atoms with Crippen molar-refractivity contribution >= 4 is 17.5 Å². The minimum absolute atomic E-state index is 0.0200. The molecule has 1 atom stereocenters. The molecule has 1 aliphatic carbocycles. The second kappa shape index (κ2) is 4.55. The molecule has 0 radical (unpaired) electrons. The zero-order valence-corrected chi connectivity index (χ0v) is 9.17. The predicted octanol–water partition coefficient (Wildman–Crippen LogP) is 1.27. The number of methoxy groups -OCH3 is 1. The van der Waals surface area contributed by atoms with Gasteiger partial charge in [0.2, 0.25) is 0 Å². The van der Waals surface area contributed by atoms with Crippen LogP contribution in [0.5, 0.6) is 0 Å². The van der Waals surface area contributed by atoms with Gasteiger partial charge in [0, 0.05) is 19.3 Å². The fraction of sp³-hybridized carbons (Fsp3) is 0.727. The van der Waals surface area contributed by atoms with Crippen molar-refractivity contribution in [2.75, 3.05) is 7.11 Å². The third-order valence-electron chi connectivity index (χ3n) is 2.99. The summed E-state index contributed by atoms with van der Waals surface area (Å²) in [6.07, 6.45) is 1.79. The second-order valence-electron chi connectivity index (χ2n) is 3.92. The number of Topliss-reactive ketones (excluding diaryl/α,β-unsaturated/α-hetero) is 2. The average molecular weight is 212 g/mol. The van der Waals surface area contributed by atoms with Crippen molar-refractivity contribution in [2.45, 2.75) is 39.0 Å². The quantitative estimate of drug-likeness (QED) is 0.522. The summed E-state index contributed by atoms with van der Waals surface area (Å²) >= 11 is 0. The van der Waals surface area contributed by atoms with Gasteiger partial charge in [-0.25, -0.2) is 0 Å². The zero-order valence-electron chi connectivity index (χ0n) is 9.17. The van der Waals surface area contributed by atoms with Crippen LogP contribution < -0.4 is 0 Å². The van der Waals surface area contributed by atoms with E-state index in [-0.39, 0.29) is 24.4 Å². The molecule has 0 aromatic carbocycles. The van der Waals surface area contributed by atoms with E-state index in [0.29, 0.717) is 19.3 Å². The highest BCUT2D eigenvalue weighted by atomic mass is 16.5. The molecular formula is C11H16O4. The van der Waals surface area contributed by atoms with Crippen molar-refractivity contribution in [3.8, 4) is 0 Å². The molecule has 0 amide bonds. The van der Waals surface area contributed by atoms with Crippen molar-refractivity contribution in [1.29, 1.82) is 0 Å². The van der Waals surface area contributed by atoms with E-state index in [4.69, 9.17) is 0 Å². The minimum atomic E-state index is -1.18. The maximum absolute atomic E-state index is 11.8. The number of hydrogen-bond donors (Lipinski definition) is 0. The number of hydrogen-bond acceptors (Lipinski definition) is 4. The fourth-order valence-corrected chi connectivity index (χ4v) is 2.16. The molecule has 1 aliphatic rings. The SMILES string of the molecule is CCC(=O)C1(C(=O)OC)CCCC(=O)C1. The lowest BCUT2D eigenvalue weighted by Gasteiger charge is -2.31. The van der Waals surface area contributed by atoms with E-state index in [1.54, 1.807) is 6.92 Å². The maximum atomic E-state index is 11.8. The Morgan fingerprint density at radius 3 is 2.60 bits per heavy atom. The summed E-state index contributed by atoms with van der Waals surface area (Å²) in [5, 5.41) is 0. The van der Waals surface area contributed by atoms with Crippen LogP contribution in [0.25, 0.3) is 0 Å². The molecule has 1 saturated carbocycles. The highest BCUT2D eigenvalue weighted by Crippen LogP contribution is 2.37. The Kier molecular flexibility index (Phi) is 3.61. The summed E-state index contributed by atoms with van der Waals surface area (Å²) in [5.74, 6) is -0.752. The summed E-state index contributed by atoms with van der Waals surface area (Å²) in [5.41, 5.74) is -1.18. The van der Waals surface area contributed by atoms with Crippen LogP contribution >= 0.6 is 0 Å². The second-order valence-corrected chi connectivity index (χ2v) is 3.92. The number of carbonyl (C=O) groups excluding carboxylic acids is 3. The molecule has 15 heavy (non-hydrogen) atoms. The van der Waals surface area contributed by atoms with E-state index in [2.05, 4.69) is 4.74 Å².